The van der Waals surface area contributed by atoms with Crippen LogP contribution in [0, 0.1) is 0 Å². The van der Waals surface area contributed by atoms with Crippen LogP contribution in [0.4, 0.5) is 13.2 Å². The maximum atomic E-state index is 13.4. The second kappa shape index (κ2) is 12.2. The number of alkyl halides is 3. The number of nitrogens with zero attached hydrogens (tertiary/aromatic N) is 3. The van der Waals surface area contributed by atoms with Crippen molar-refractivity contribution in [2.24, 2.45) is 5.10 Å². The van der Waals surface area contributed by atoms with Gasteiger partial charge in [0.1, 0.15) is 12.4 Å². The highest BCUT2D eigenvalue weighted by atomic mass is 79.9. The fraction of sp³-hybridized carbons (Fsp3) is 0.0690. The molecule has 12 heteroatoms. The molecule has 208 valence electrons. The van der Waals surface area contributed by atoms with Crippen LogP contribution in [-0.2, 0) is 12.8 Å². The Balaban J connectivity index is 1.52. The summed E-state index contributed by atoms with van der Waals surface area (Å²) >= 11 is 14.0. The SMILES string of the molecule is O=c1c2ccccc2nc(-c2cccc(C(F)(F)F)c2)n1N=Cc1cc(Br)c(OCc2ccc(Br)cc2Br)c(Br)c1. The lowest BCUT2D eigenvalue weighted by Crippen LogP contribution is -2.20. The van der Waals surface area contributed by atoms with Crippen molar-refractivity contribution >= 4 is 80.8 Å². The Morgan fingerprint density at radius 3 is 2.32 bits per heavy atom. The van der Waals surface area contributed by atoms with Crippen LogP contribution < -0.4 is 10.3 Å². The van der Waals surface area contributed by atoms with Gasteiger partial charge < -0.3 is 4.74 Å². The number of halogens is 7. The first-order valence-corrected chi connectivity index (χ1v) is 15.0. The number of hydrogen-bond donors (Lipinski definition) is 0. The van der Waals surface area contributed by atoms with E-state index in [-0.39, 0.29) is 16.8 Å². The Labute approximate surface area is 265 Å². The molecule has 5 aromatic rings. The van der Waals surface area contributed by atoms with Gasteiger partial charge in [0.05, 0.1) is 31.6 Å². The van der Waals surface area contributed by atoms with E-state index in [1.807, 2.05) is 18.2 Å². The maximum absolute atomic E-state index is 13.4. The molecular formula is C29H16Br4F3N3O2. The predicted octanol–water partition coefficient (Wildman–Crippen LogP) is 9.59. The average molecular weight is 815 g/mol. The molecule has 0 aliphatic rings. The summed E-state index contributed by atoms with van der Waals surface area (Å²) in [5, 5.41) is 4.64. The number of benzene rings is 4. The third kappa shape index (κ3) is 6.66. The van der Waals surface area contributed by atoms with Gasteiger partial charge in [0.2, 0.25) is 0 Å². The molecule has 0 spiro atoms. The minimum Gasteiger partial charge on any atom is -0.486 e. The summed E-state index contributed by atoms with van der Waals surface area (Å²) in [5.41, 5.74) is 0.619. The van der Waals surface area contributed by atoms with Crippen LogP contribution in [0.1, 0.15) is 16.7 Å². The molecule has 0 saturated heterocycles. The quantitative estimate of drug-likeness (QED) is 0.161. The van der Waals surface area contributed by atoms with E-state index < -0.39 is 17.3 Å². The van der Waals surface area contributed by atoms with E-state index in [2.05, 4.69) is 73.8 Å². The highest BCUT2D eigenvalue weighted by Gasteiger charge is 2.31. The molecule has 0 atom stereocenters. The Kier molecular flexibility index (Phi) is 8.84. The first-order valence-electron chi connectivity index (χ1n) is 11.8. The lowest BCUT2D eigenvalue weighted by molar-refractivity contribution is -0.137. The van der Waals surface area contributed by atoms with Crippen LogP contribution in [0.5, 0.6) is 5.75 Å². The fourth-order valence-electron chi connectivity index (χ4n) is 3.96. The third-order valence-corrected chi connectivity index (χ3v) is 8.34. The Hall–Kier alpha value is -2.80. The van der Waals surface area contributed by atoms with E-state index in [9.17, 15) is 18.0 Å². The van der Waals surface area contributed by atoms with Gasteiger partial charge in [-0.25, -0.2) is 4.98 Å². The molecule has 0 saturated carbocycles. The second-order valence-corrected chi connectivity index (χ2v) is 12.2. The van der Waals surface area contributed by atoms with Gasteiger partial charge in [-0.3, -0.25) is 4.79 Å². The van der Waals surface area contributed by atoms with Crippen LogP contribution >= 0.6 is 63.7 Å². The molecule has 5 rings (SSSR count). The summed E-state index contributed by atoms with van der Waals surface area (Å²) in [4.78, 5) is 17.9. The largest absolute Gasteiger partial charge is 0.486 e. The molecule has 0 unspecified atom stereocenters. The summed E-state index contributed by atoms with van der Waals surface area (Å²) in [7, 11) is 0. The maximum Gasteiger partial charge on any atom is 0.416 e. The zero-order valence-corrected chi connectivity index (χ0v) is 26.9. The number of aromatic nitrogens is 2. The molecule has 0 aliphatic heterocycles. The molecule has 0 fully saturated rings. The topological polar surface area (TPSA) is 56.5 Å². The molecule has 0 N–H and O–H groups in total. The van der Waals surface area contributed by atoms with Crippen molar-refractivity contribution < 1.29 is 17.9 Å². The summed E-state index contributed by atoms with van der Waals surface area (Å²) in [6.07, 6.45) is -3.13. The van der Waals surface area contributed by atoms with Gasteiger partial charge in [0.15, 0.2) is 5.82 Å². The average Bonchev–Trinajstić information content (AvgIpc) is 2.92. The van der Waals surface area contributed by atoms with Crippen LogP contribution in [0.25, 0.3) is 22.3 Å². The Bertz CT molecular complexity index is 1850. The standard InChI is InChI=1S/C29H16Br4F3N3O2/c30-20-9-8-18(22(31)13-20)15-41-26-23(32)10-16(11-24(26)33)14-37-39-27(17-4-3-5-19(12-17)29(34,35)36)38-25-7-2-1-6-21(25)28(39)40/h1-14H,15H2. The van der Waals surface area contributed by atoms with Crippen molar-refractivity contribution in [3.8, 4) is 17.1 Å². The molecule has 0 amide bonds. The Morgan fingerprint density at radius 2 is 1.61 bits per heavy atom. The molecule has 1 aromatic heterocycles. The van der Waals surface area contributed by atoms with E-state index in [1.54, 1.807) is 36.4 Å². The van der Waals surface area contributed by atoms with Crippen LogP contribution in [0.2, 0.25) is 0 Å². The zero-order valence-electron chi connectivity index (χ0n) is 20.6. The number of para-hydroxylation sites is 1. The third-order valence-electron chi connectivity index (χ3n) is 5.93. The normalized spacial score (nSPS) is 11.9. The van der Waals surface area contributed by atoms with Gasteiger partial charge >= 0.3 is 6.18 Å². The monoisotopic (exact) mass is 811 g/mol. The van der Waals surface area contributed by atoms with Crippen molar-refractivity contribution in [1.29, 1.82) is 0 Å². The summed E-state index contributed by atoms with van der Waals surface area (Å²) < 4.78 is 50.5. The van der Waals surface area contributed by atoms with Crippen LogP contribution in [-0.4, -0.2) is 15.9 Å². The number of rotatable bonds is 6. The van der Waals surface area contributed by atoms with E-state index in [1.165, 1.54) is 18.3 Å². The lowest BCUT2D eigenvalue weighted by atomic mass is 10.1. The Morgan fingerprint density at radius 1 is 0.878 bits per heavy atom. The first kappa shape index (κ1) is 29.7. The van der Waals surface area contributed by atoms with E-state index in [4.69, 9.17) is 4.74 Å². The van der Waals surface area contributed by atoms with E-state index in [0.717, 1.165) is 31.3 Å². The first-order chi connectivity index (χ1) is 19.5. The predicted molar refractivity (Wildman–Crippen MR) is 167 cm³/mol. The molecule has 0 bridgehead atoms. The van der Waals surface area contributed by atoms with Crippen molar-refractivity contribution in [3.05, 3.63) is 124 Å². The number of fused-ring (bicyclic) bond motifs is 1. The fourth-order valence-corrected chi connectivity index (χ4v) is 6.57. The number of hydrogen-bond acceptors (Lipinski definition) is 4. The summed E-state index contributed by atoms with van der Waals surface area (Å²) in [6, 6.07) is 20.5. The summed E-state index contributed by atoms with van der Waals surface area (Å²) in [6.45, 7) is 0.303. The molecule has 5 nitrogen and oxygen atoms in total. The molecule has 4 aromatic carbocycles. The minimum atomic E-state index is -4.56. The highest BCUT2D eigenvalue weighted by Crippen LogP contribution is 2.36. The number of ether oxygens (including phenoxy) is 1. The van der Waals surface area contributed by atoms with Crippen molar-refractivity contribution in [3.63, 3.8) is 0 Å². The second-order valence-electron chi connectivity index (χ2n) is 8.73. The molecule has 1 heterocycles. The molecule has 0 aliphatic carbocycles. The van der Waals surface area contributed by atoms with Gasteiger partial charge in [-0.1, -0.05) is 62.2 Å². The van der Waals surface area contributed by atoms with Crippen LogP contribution in [0.3, 0.4) is 0 Å². The molecule has 41 heavy (non-hydrogen) atoms. The van der Waals surface area contributed by atoms with Gasteiger partial charge in [0.25, 0.3) is 5.56 Å². The minimum absolute atomic E-state index is 0.0193. The smallest absolute Gasteiger partial charge is 0.416 e. The van der Waals surface area contributed by atoms with Crippen molar-refractivity contribution in [1.82, 2.24) is 9.66 Å². The molecular weight excluding hydrogens is 799 g/mol. The highest BCUT2D eigenvalue weighted by molar-refractivity contribution is 9.11. The van der Waals surface area contributed by atoms with E-state index in [0.29, 0.717) is 32.4 Å². The van der Waals surface area contributed by atoms with Gasteiger partial charge in [0, 0.05) is 20.1 Å². The molecule has 0 radical (unpaired) electrons. The van der Waals surface area contributed by atoms with Gasteiger partial charge in [-0.15, -0.1) is 0 Å². The summed E-state index contributed by atoms with van der Waals surface area (Å²) in [5.74, 6) is 0.542. The van der Waals surface area contributed by atoms with E-state index >= 15 is 0 Å². The van der Waals surface area contributed by atoms with Crippen molar-refractivity contribution in [2.75, 3.05) is 0 Å². The lowest BCUT2D eigenvalue weighted by Gasteiger charge is -2.13. The van der Waals surface area contributed by atoms with Crippen molar-refractivity contribution in [2.45, 2.75) is 12.8 Å². The van der Waals surface area contributed by atoms with Gasteiger partial charge in [-0.05, 0) is 86.0 Å². The zero-order chi connectivity index (χ0) is 29.3. The van der Waals surface area contributed by atoms with Crippen LogP contribution in [0.15, 0.2) is 107 Å². The van der Waals surface area contributed by atoms with Gasteiger partial charge in [-0.2, -0.15) is 22.9 Å².